The molecule has 0 aliphatic heterocycles. The topological polar surface area (TPSA) is 0 Å². The van der Waals surface area contributed by atoms with Crippen LogP contribution in [0.2, 0.25) is 0 Å². The van der Waals surface area contributed by atoms with Crippen LogP contribution in [0, 0.1) is 0 Å². The van der Waals surface area contributed by atoms with Gasteiger partial charge in [-0.1, -0.05) is 167 Å². The van der Waals surface area contributed by atoms with E-state index in [1.165, 1.54) is 119 Å². The van der Waals surface area contributed by atoms with E-state index in [1.54, 1.807) is 0 Å². The number of benzene rings is 9. The second-order valence-electron chi connectivity index (χ2n) is 16.7. The summed E-state index contributed by atoms with van der Waals surface area (Å²) in [6.45, 7) is 17.9. The molecule has 11 rings (SSSR count). The molecule has 1 aromatic heterocycles. The highest BCUT2D eigenvalue weighted by Gasteiger charge is 2.39. The summed E-state index contributed by atoms with van der Waals surface area (Å²) in [4.78, 5) is 0. The molecule has 1 heteroatoms. The summed E-state index contributed by atoms with van der Waals surface area (Å²) in [6.07, 6.45) is 8.55. The first kappa shape index (κ1) is 36.3. The Bertz CT molecular complexity index is 3630. The molecule has 0 spiro atoms. The Balaban J connectivity index is 1.12. The van der Waals surface area contributed by atoms with Crippen LogP contribution in [0.15, 0.2) is 159 Å². The molecule has 0 atom stereocenters. The minimum atomic E-state index is -0.159. The fourth-order valence-corrected chi connectivity index (χ4v) is 11.8. The molecule has 0 saturated carbocycles. The van der Waals surface area contributed by atoms with Crippen LogP contribution in [0.4, 0.5) is 0 Å². The number of rotatable bonds is 5. The summed E-state index contributed by atoms with van der Waals surface area (Å²) in [5.74, 6) is 0. The summed E-state index contributed by atoms with van der Waals surface area (Å²) >= 11 is 1.92. The first-order valence-corrected chi connectivity index (χ1v) is 21.8. The van der Waals surface area contributed by atoms with Gasteiger partial charge < -0.3 is 0 Å². The maximum absolute atomic E-state index is 4.39. The van der Waals surface area contributed by atoms with Crippen LogP contribution in [0.5, 0.6) is 0 Å². The van der Waals surface area contributed by atoms with Crippen LogP contribution >= 0.6 is 11.3 Å². The van der Waals surface area contributed by atoms with E-state index >= 15 is 0 Å². The average molecular weight is 785 g/mol. The minimum Gasteiger partial charge on any atom is -0.135 e. The third-order valence-corrected chi connectivity index (χ3v) is 14.5. The monoisotopic (exact) mass is 784 g/mol. The van der Waals surface area contributed by atoms with Gasteiger partial charge in [0.15, 0.2) is 0 Å². The molecule has 1 aliphatic rings. The lowest BCUT2D eigenvalue weighted by molar-refractivity contribution is 0.662. The van der Waals surface area contributed by atoms with Crippen molar-refractivity contribution in [1.29, 1.82) is 0 Å². The number of fused-ring (bicyclic) bond motifs is 11. The Morgan fingerprint density at radius 2 is 1.02 bits per heavy atom. The van der Waals surface area contributed by atoms with Gasteiger partial charge in [0.2, 0.25) is 0 Å². The maximum Gasteiger partial charge on any atom is 0.0434 e. The van der Waals surface area contributed by atoms with E-state index in [9.17, 15) is 0 Å². The average Bonchev–Trinajstić information content (AvgIpc) is 3.79. The van der Waals surface area contributed by atoms with E-state index < -0.39 is 0 Å². The van der Waals surface area contributed by atoms with Gasteiger partial charge in [0.05, 0.1) is 0 Å². The van der Waals surface area contributed by atoms with Gasteiger partial charge >= 0.3 is 0 Å². The van der Waals surface area contributed by atoms with Gasteiger partial charge in [0.1, 0.15) is 0 Å². The summed E-state index contributed by atoms with van der Waals surface area (Å²) in [7, 11) is 0. The van der Waals surface area contributed by atoms with E-state index in [1.807, 2.05) is 23.5 Å². The Labute approximate surface area is 355 Å². The highest BCUT2D eigenvalue weighted by atomic mass is 32.1. The lowest BCUT2D eigenvalue weighted by Gasteiger charge is -2.25. The first-order chi connectivity index (χ1) is 29.3. The molecular formula is C59H44S. The lowest BCUT2D eigenvalue weighted by atomic mass is 9.77. The molecule has 10 aromatic rings. The SMILES string of the molecule is C=Cc1c(C=C)c(-c2ccc3cc(-c4cc5c(ccc6c7ccccc7sc56)c5c4C(C)(C)c4ccccc4-5)ccc3c2)c(=C/C)/c(=C\C)c1-c1ccc2ccccc2c1. The van der Waals surface area contributed by atoms with Crippen LogP contribution in [-0.4, -0.2) is 0 Å². The van der Waals surface area contributed by atoms with Crippen molar-refractivity contribution < 1.29 is 0 Å². The van der Waals surface area contributed by atoms with Crippen LogP contribution < -0.4 is 10.4 Å². The van der Waals surface area contributed by atoms with Crippen LogP contribution in [0.3, 0.4) is 0 Å². The zero-order valence-corrected chi connectivity index (χ0v) is 35.3. The molecule has 286 valence electrons. The van der Waals surface area contributed by atoms with Crippen molar-refractivity contribution in [2.24, 2.45) is 0 Å². The fraction of sp³-hybridized carbons (Fsp3) is 0.0847. The number of thiophene rings is 1. The minimum absolute atomic E-state index is 0.159. The normalized spacial score (nSPS) is 13.8. The summed E-state index contributed by atoms with van der Waals surface area (Å²) < 4.78 is 2.70. The quantitative estimate of drug-likeness (QED) is 0.163. The summed E-state index contributed by atoms with van der Waals surface area (Å²) in [5, 5.41) is 12.6. The van der Waals surface area contributed by atoms with Crippen LogP contribution in [0.25, 0.3) is 121 Å². The molecule has 0 nitrogen and oxygen atoms in total. The molecule has 0 radical (unpaired) electrons. The van der Waals surface area contributed by atoms with Crippen molar-refractivity contribution in [1.82, 2.24) is 0 Å². The van der Waals surface area contributed by atoms with E-state index in [0.717, 1.165) is 11.1 Å². The molecule has 0 amide bonds. The molecule has 60 heavy (non-hydrogen) atoms. The maximum atomic E-state index is 4.39. The molecule has 1 aliphatic carbocycles. The van der Waals surface area contributed by atoms with Gasteiger partial charge in [0.25, 0.3) is 0 Å². The van der Waals surface area contributed by atoms with Crippen LogP contribution in [-0.2, 0) is 5.41 Å². The Kier molecular flexibility index (Phi) is 8.24. The Hall–Kier alpha value is -6.80. The third-order valence-electron chi connectivity index (χ3n) is 13.3. The molecule has 1 heterocycles. The predicted molar refractivity (Wildman–Crippen MR) is 265 cm³/mol. The van der Waals surface area contributed by atoms with Gasteiger partial charge in [-0.25, -0.2) is 0 Å². The van der Waals surface area contributed by atoms with Crippen molar-refractivity contribution >= 4 is 88.1 Å². The largest absolute Gasteiger partial charge is 0.135 e. The van der Waals surface area contributed by atoms with E-state index in [2.05, 4.69) is 199 Å². The van der Waals surface area contributed by atoms with Gasteiger partial charge in [-0.05, 0) is 148 Å². The van der Waals surface area contributed by atoms with Gasteiger partial charge in [-0.15, -0.1) is 11.3 Å². The lowest BCUT2D eigenvalue weighted by Crippen LogP contribution is -2.31. The van der Waals surface area contributed by atoms with E-state index in [4.69, 9.17) is 0 Å². The number of hydrogen-bond donors (Lipinski definition) is 0. The van der Waals surface area contributed by atoms with E-state index in [-0.39, 0.29) is 5.41 Å². The van der Waals surface area contributed by atoms with Crippen LogP contribution in [0.1, 0.15) is 49.9 Å². The van der Waals surface area contributed by atoms with Crippen molar-refractivity contribution in [3.8, 4) is 44.5 Å². The Morgan fingerprint density at radius 3 is 1.70 bits per heavy atom. The van der Waals surface area contributed by atoms with Crippen molar-refractivity contribution in [2.75, 3.05) is 0 Å². The van der Waals surface area contributed by atoms with Crippen molar-refractivity contribution in [3.63, 3.8) is 0 Å². The zero-order valence-electron chi connectivity index (χ0n) is 34.5. The molecule has 0 fully saturated rings. The summed E-state index contributed by atoms with van der Waals surface area (Å²) in [6, 6.07) is 54.5. The van der Waals surface area contributed by atoms with E-state index in [0.29, 0.717) is 0 Å². The Morgan fingerprint density at radius 1 is 0.467 bits per heavy atom. The molecule has 9 aromatic carbocycles. The highest BCUT2D eigenvalue weighted by molar-refractivity contribution is 7.26. The van der Waals surface area contributed by atoms with Gasteiger partial charge in [-0.2, -0.15) is 0 Å². The molecule has 0 N–H and O–H groups in total. The zero-order chi connectivity index (χ0) is 40.9. The number of hydrogen-bond acceptors (Lipinski definition) is 1. The van der Waals surface area contributed by atoms with Gasteiger partial charge in [0, 0.05) is 31.0 Å². The second kappa shape index (κ2) is 13.6. The summed E-state index contributed by atoms with van der Waals surface area (Å²) in [5.41, 5.74) is 14.9. The second-order valence-corrected chi connectivity index (χ2v) is 17.8. The fourth-order valence-electron chi connectivity index (χ4n) is 10.6. The molecule has 0 unspecified atom stereocenters. The standard InChI is InChI=1S/C59H44S/c1-7-42-44(9-3)55(45(10-4)43(8-2)54(42)40-27-23-35-17-11-12-18-36(35)32-40)41-28-25-37-31-39(26-24-38(37)33-41)50-34-51-47(29-30-48-46-19-14-16-22-53(46)60-58(48)51)56-49-20-13-15-21-52(49)59(5,6)57(50)56/h7-34H,1,3H2,2,4-6H3/b43-8+,45-10+. The predicted octanol–water partition coefficient (Wildman–Crippen LogP) is 15.7. The third kappa shape index (κ3) is 5.16. The van der Waals surface area contributed by atoms with Crippen molar-refractivity contribution in [2.45, 2.75) is 33.1 Å². The highest BCUT2D eigenvalue weighted by Crippen LogP contribution is 2.56. The smallest absolute Gasteiger partial charge is 0.0434 e. The van der Waals surface area contributed by atoms with Crippen molar-refractivity contribution in [3.05, 3.63) is 191 Å². The molecular weight excluding hydrogens is 741 g/mol. The molecule has 0 bridgehead atoms. The molecule has 0 saturated heterocycles. The first-order valence-electron chi connectivity index (χ1n) is 21.0. The van der Waals surface area contributed by atoms with Gasteiger partial charge in [-0.3, -0.25) is 0 Å².